The second kappa shape index (κ2) is 16.3. The molecule has 4 heteroatoms. The lowest BCUT2D eigenvalue weighted by Gasteiger charge is -2.42. The second-order valence-electron chi connectivity index (χ2n) is 18.4. The van der Waals surface area contributed by atoms with Crippen molar-refractivity contribution in [1.82, 2.24) is 9.13 Å². The summed E-state index contributed by atoms with van der Waals surface area (Å²) in [6.45, 7) is 0. The molecule has 0 N–H and O–H groups in total. The molecule has 2 aromatic heterocycles. The summed E-state index contributed by atoms with van der Waals surface area (Å²) >= 11 is 0. The number of para-hydroxylation sites is 4. The summed E-state index contributed by atoms with van der Waals surface area (Å²) in [6, 6.07) is 92.6. The zero-order valence-electron chi connectivity index (χ0n) is 38.4. The number of allylic oxidation sites excluding steroid dienone is 2. The van der Waals surface area contributed by atoms with Crippen molar-refractivity contribution < 1.29 is 0 Å². The van der Waals surface area contributed by atoms with Crippen molar-refractivity contribution >= 4 is 65.0 Å². The quantitative estimate of drug-likeness (QED) is 0.148. The van der Waals surface area contributed by atoms with Gasteiger partial charge in [0.2, 0.25) is 0 Å². The summed E-state index contributed by atoms with van der Waals surface area (Å²) in [5.74, 6) is 0.224. The van der Waals surface area contributed by atoms with Crippen molar-refractivity contribution in [3.05, 3.63) is 279 Å². The van der Waals surface area contributed by atoms with Crippen LogP contribution in [0.4, 0.5) is 11.4 Å². The van der Waals surface area contributed by atoms with Gasteiger partial charge in [-0.3, -0.25) is 0 Å². The first-order valence-electron chi connectivity index (χ1n) is 24.2. The topological polar surface area (TPSA) is 13.1 Å². The Morgan fingerprint density at radius 1 is 0.329 bits per heavy atom. The second-order valence-corrected chi connectivity index (χ2v) is 21.5. The minimum atomic E-state index is -2.02. The molecule has 0 saturated heterocycles. The van der Waals surface area contributed by atoms with Gasteiger partial charge in [-0.25, -0.2) is 0 Å². The Morgan fingerprint density at radius 3 is 1.56 bits per heavy atom. The first kappa shape index (κ1) is 40.5. The van der Waals surface area contributed by atoms with Gasteiger partial charge in [0.1, 0.15) is 0 Å². The van der Waals surface area contributed by atoms with Crippen LogP contribution in [0.5, 0.6) is 0 Å². The minimum absolute atomic E-state index is 0.204. The SMILES string of the molecule is C1=CC2c3c(ccc4c3c3ccccc3n4-c3cccc(S(c4ccccc4)(c4ccccc4)c4ccc(-c5ccc6c(c5)c5ccccc5n6-c5ccccc5)cc4)c3)N(c3ccccc3)C2C=C1. The largest absolute Gasteiger partial charge is 0.333 e. The fourth-order valence-electron chi connectivity index (χ4n) is 11.8. The van der Waals surface area contributed by atoms with Gasteiger partial charge in [0.05, 0.1) is 28.1 Å². The van der Waals surface area contributed by atoms with Crippen LogP contribution in [0, 0.1) is 0 Å². The van der Waals surface area contributed by atoms with Crippen LogP contribution >= 0.6 is 10.0 Å². The first-order chi connectivity index (χ1) is 34.8. The molecule has 2 aliphatic rings. The molecule has 1 aliphatic carbocycles. The van der Waals surface area contributed by atoms with Crippen LogP contribution in [0.15, 0.2) is 293 Å². The molecule has 0 fully saturated rings. The molecule has 14 rings (SSSR count). The van der Waals surface area contributed by atoms with E-state index in [9.17, 15) is 0 Å². The molecular formula is C66H47N3S. The van der Waals surface area contributed by atoms with Crippen molar-refractivity contribution in [2.75, 3.05) is 4.90 Å². The van der Waals surface area contributed by atoms with Gasteiger partial charge in [-0.05, 0) is 132 Å². The number of aromatic nitrogens is 2. The third-order valence-electron chi connectivity index (χ3n) is 14.7. The van der Waals surface area contributed by atoms with Gasteiger partial charge in [0, 0.05) is 69.8 Å². The Hall–Kier alpha value is -8.57. The standard InChI is InChI=1S/C66H47N3S/c1-5-20-48(21-6-1)67-59-33-16-13-30-55(59)58-44-47(38-41-62(58)67)46-36-39-53(40-37-46)70(51-25-9-3-10-26-51,52-27-11-4-12-28-52)54-29-19-24-50(45-54)69-61-35-18-15-32-57(61)66-64(69)43-42-63-65(66)56-31-14-17-34-60(56)68(63)49-22-7-2-8-23-49/h1-45,56,60H. The third kappa shape index (κ3) is 6.10. The predicted molar refractivity (Wildman–Crippen MR) is 294 cm³/mol. The lowest BCUT2D eigenvalue weighted by molar-refractivity contribution is 0.747. The molecule has 2 unspecified atom stereocenters. The summed E-state index contributed by atoms with van der Waals surface area (Å²) in [6.07, 6.45) is 9.22. The van der Waals surface area contributed by atoms with Crippen molar-refractivity contribution in [2.45, 2.75) is 31.5 Å². The molecule has 10 aromatic carbocycles. The molecule has 1 aliphatic heterocycles. The number of anilines is 2. The molecule has 0 bridgehead atoms. The van der Waals surface area contributed by atoms with Crippen molar-refractivity contribution in [3.8, 4) is 22.5 Å². The predicted octanol–water partition coefficient (Wildman–Crippen LogP) is 17.6. The molecule has 0 radical (unpaired) electrons. The van der Waals surface area contributed by atoms with E-state index >= 15 is 0 Å². The molecule has 3 heterocycles. The van der Waals surface area contributed by atoms with Gasteiger partial charge in [-0.2, -0.15) is 0 Å². The molecule has 0 spiro atoms. The minimum Gasteiger partial charge on any atom is -0.333 e. The highest BCUT2D eigenvalue weighted by Gasteiger charge is 2.40. The van der Waals surface area contributed by atoms with Gasteiger partial charge >= 0.3 is 0 Å². The number of rotatable bonds is 8. The smallest absolute Gasteiger partial charge is 0.0629 e. The van der Waals surface area contributed by atoms with E-state index in [1.165, 1.54) is 96.9 Å². The van der Waals surface area contributed by atoms with Crippen LogP contribution in [0.25, 0.3) is 66.1 Å². The van der Waals surface area contributed by atoms with E-state index in [2.05, 4.69) is 287 Å². The van der Waals surface area contributed by atoms with Crippen LogP contribution in [0.3, 0.4) is 0 Å². The van der Waals surface area contributed by atoms with Gasteiger partial charge in [-0.15, -0.1) is 10.0 Å². The van der Waals surface area contributed by atoms with Crippen LogP contribution in [-0.4, -0.2) is 15.2 Å². The van der Waals surface area contributed by atoms with Crippen molar-refractivity contribution in [2.24, 2.45) is 0 Å². The maximum Gasteiger partial charge on any atom is 0.0629 e. The Kier molecular flexibility index (Phi) is 9.43. The van der Waals surface area contributed by atoms with E-state index in [1.54, 1.807) is 0 Å². The molecule has 3 nitrogen and oxygen atoms in total. The highest BCUT2D eigenvalue weighted by molar-refractivity contribution is 8.34. The monoisotopic (exact) mass is 913 g/mol. The van der Waals surface area contributed by atoms with Gasteiger partial charge in [0.15, 0.2) is 0 Å². The van der Waals surface area contributed by atoms with E-state index in [-0.39, 0.29) is 12.0 Å². The molecule has 0 amide bonds. The van der Waals surface area contributed by atoms with Crippen molar-refractivity contribution in [1.29, 1.82) is 0 Å². The summed E-state index contributed by atoms with van der Waals surface area (Å²) in [5.41, 5.74) is 13.5. The van der Waals surface area contributed by atoms with Crippen LogP contribution in [-0.2, 0) is 0 Å². The van der Waals surface area contributed by atoms with Gasteiger partial charge in [-0.1, -0.05) is 158 Å². The maximum absolute atomic E-state index is 2.54. The summed E-state index contributed by atoms with van der Waals surface area (Å²) in [5, 5.41) is 5.11. The van der Waals surface area contributed by atoms with Crippen LogP contribution in [0.1, 0.15) is 11.5 Å². The molecule has 332 valence electrons. The fourth-order valence-corrected chi connectivity index (χ4v) is 15.7. The maximum atomic E-state index is 2.54. The Bertz CT molecular complexity index is 3960. The number of nitrogens with zero attached hydrogens (tertiary/aromatic N) is 3. The molecule has 70 heavy (non-hydrogen) atoms. The number of hydrogen-bond acceptors (Lipinski definition) is 1. The summed E-state index contributed by atoms with van der Waals surface area (Å²) in [7, 11) is -2.02. The number of benzene rings is 10. The first-order valence-corrected chi connectivity index (χ1v) is 25.9. The molecular weight excluding hydrogens is 867 g/mol. The molecule has 12 aromatic rings. The van der Waals surface area contributed by atoms with E-state index in [0.717, 1.165) is 5.69 Å². The van der Waals surface area contributed by atoms with Crippen molar-refractivity contribution in [3.63, 3.8) is 0 Å². The Morgan fingerprint density at radius 2 is 0.843 bits per heavy atom. The Balaban J connectivity index is 0.949. The summed E-state index contributed by atoms with van der Waals surface area (Å²) in [4.78, 5) is 7.71. The average molecular weight is 914 g/mol. The normalized spacial score (nSPS) is 15.5. The lowest BCUT2D eigenvalue weighted by atomic mass is 9.88. The van der Waals surface area contributed by atoms with E-state index < -0.39 is 10.0 Å². The van der Waals surface area contributed by atoms with E-state index in [0.29, 0.717) is 0 Å². The number of fused-ring (bicyclic) bond motifs is 10. The van der Waals surface area contributed by atoms with Crippen LogP contribution < -0.4 is 4.90 Å². The highest BCUT2D eigenvalue weighted by Crippen LogP contribution is 2.73. The summed E-state index contributed by atoms with van der Waals surface area (Å²) < 4.78 is 4.90. The molecule has 0 saturated carbocycles. The molecule has 2 atom stereocenters. The van der Waals surface area contributed by atoms with Gasteiger partial charge in [0.25, 0.3) is 0 Å². The zero-order valence-corrected chi connectivity index (χ0v) is 39.2. The van der Waals surface area contributed by atoms with E-state index in [1.807, 2.05) is 0 Å². The third-order valence-corrected chi connectivity index (χ3v) is 18.6. The average Bonchev–Trinajstić information content (AvgIpc) is 4.08. The van der Waals surface area contributed by atoms with E-state index in [4.69, 9.17) is 0 Å². The Labute approximate surface area is 409 Å². The van der Waals surface area contributed by atoms with Gasteiger partial charge < -0.3 is 14.0 Å². The zero-order chi connectivity index (χ0) is 46.2. The highest BCUT2D eigenvalue weighted by atomic mass is 32.3. The van der Waals surface area contributed by atoms with Crippen LogP contribution in [0.2, 0.25) is 0 Å². The fraction of sp³-hybridized carbons (Fsp3) is 0.0303. The number of hydrogen-bond donors (Lipinski definition) is 0. The lowest BCUT2D eigenvalue weighted by Crippen LogP contribution is -2.28.